The molecule has 1 amide bonds. The lowest BCUT2D eigenvalue weighted by Gasteiger charge is -2.26. The second kappa shape index (κ2) is 7.44. The van der Waals surface area contributed by atoms with Gasteiger partial charge in [0.1, 0.15) is 0 Å². The van der Waals surface area contributed by atoms with Gasteiger partial charge in [-0.15, -0.1) is 0 Å². The largest absolute Gasteiger partial charge is 0.391 e. The minimum Gasteiger partial charge on any atom is -0.391 e. The summed E-state index contributed by atoms with van der Waals surface area (Å²) in [6, 6.07) is 7.98. The maximum Gasteiger partial charge on any atom is 0.224 e. The fraction of sp³-hybridized carbons (Fsp3) is 0.588. The smallest absolute Gasteiger partial charge is 0.224 e. The van der Waals surface area contributed by atoms with Gasteiger partial charge in [0.05, 0.1) is 12.5 Å². The Balaban J connectivity index is 1.74. The molecule has 110 valence electrons. The Bertz CT molecular complexity index is 438. The van der Waals surface area contributed by atoms with Crippen molar-refractivity contribution in [3.63, 3.8) is 0 Å². The Hall–Kier alpha value is -1.35. The summed E-state index contributed by atoms with van der Waals surface area (Å²) < 4.78 is 0. The van der Waals surface area contributed by atoms with Crippen molar-refractivity contribution < 1.29 is 9.90 Å². The minimum atomic E-state index is -0.392. The van der Waals surface area contributed by atoms with E-state index in [1.165, 1.54) is 19.3 Å². The van der Waals surface area contributed by atoms with Crippen molar-refractivity contribution in [2.75, 3.05) is 6.54 Å². The molecule has 2 N–H and O–H groups in total. The third-order valence-electron chi connectivity index (χ3n) is 4.15. The molecule has 1 saturated carbocycles. The molecule has 0 radical (unpaired) electrons. The highest BCUT2D eigenvalue weighted by Gasteiger charge is 2.21. The minimum absolute atomic E-state index is 0.00883. The second-order valence-corrected chi connectivity index (χ2v) is 5.94. The van der Waals surface area contributed by atoms with Crippen LogP contribution in [0.3, 0.4) is 0 Å². The standard InChI is InChI=1S/C17H25NO2/c1-13-6-5-7-14(10-13)11-17(20)18-12-16(19)15-8-3-2-4-9-15/h5-7,10,15-16,19H,2-4,8-9,11-12H2,1H3,(H,18,20)/t16-/m0/s1. The van der Waals surface area contributed by atoms with Crippen LogP contribution in [-0.2, 0) is 11.2 Å². The van der Waals surface area contributed by atoms with Crippen LogP contribution in [0.25, 0.3) is 0 Å². The summed E-state index contributed by atoms with van der Waals surface area (Å²) in [4.78, 5) is 11.9. The summed E-state index contributed by atoms with van der Waals surface area (Å²) in [5, 5.41) is 13.0. The van der Waals surface area contributed by atoms with Crippen LogP contribution in [-0.4, -0.2) is 23.7 Å². The second-order valence-electron chi connectivity index (χ2n) is 5.94. The maximum atomic E-state index is 11.9. The van der Waals surface area contributed by atoms with Gasteiger partial charge in [-0.05, 0) is 31.2 Å². The monoisotopic (exact) mass is 275 g/mol. The van der Waals surface area contributed by atoms with Gasteiger partial charge in [-0.25, -0.2) is 0 Å². The van der Waals surface area contributed by atoms with Gasteiger partial charge in [-0.3, -0.25) is 4.79 Å². The first-order valence-electron chi connectivity index (χ1n) is 7.65. The number of nitrogens with one attached hydrogen (secondary N) is 1. The number of benzene rings is 1. The van der Waals surface area contributed by atoms with Crippen molar-refractivity contribution in [1.29, 1.82) is 0 Å². The molecule has 0 unspecified atom stereocenters. The highest BCUT2D eigenvalue weighted by Crippen LogP contribution is 2.26. The van der Waals surface area contributed by atoms with Crippen LogP contribution in [0.5, 0.6) is 0 Å². The summed E-state index contributed by atoms with van der Waals surface area (Å²) in [5.74, 6) is 0.355. The topological polar surface area (TPSA) is 49.3 Å². The first kappa shape index (κ1) is 15.0. The van der Waals surface area contributed by atoms with E-state index in [4.69, 9.17) is 0 Å². The van der Waals surface area contributed by atoms with Crippen LogP contribution in [0.1, 0.15) is 43.2 Å². The predicted octanol–water partition coefficient (Wildman–Crippen LogP) is 2.59. The lowest BCUT2D eigenvalue weighted by molar-refractivity contribution is -0.121. The molecule has 2 rings (SSSR count). The number of aryl methyl sites for hydroxylation is 1. The number of amides is 1. The van der Waals surface area contributed by atoms with E-state index in [-0.39, 0.29) is 5.91 Å². The van der Waals surface area contributed by atoms with Crippen LogP contribution < -0.4 is 5.32 Å². The van der Waals surface area contributed by atoms with Crippen molar-refractivity contribution in [2.24, 2.45) is 5.92 Å². The summed E-state index contributed by atoms with van der Waals surface area (Å²) in [7, 11) is 0. The van der Waals surface area contributed by atoms with Crippen molar-refractivity contribution in [3.05, 3.63) is 35.4 Å². The number of carbonyl (C=O) groups is 1. The third kappa shape index (κ3) is 4.64. The number of hydrogen-bond acceptors (Lipinski definition) is 2. The molecule has 20 heavy (non-hydrogen) atoms. The van der Waals surface area contributed by atoms with Crippen LogP contribution in [0.2, 0.25) is 0 Å². The molecule has 3 heteroatoms. The van der Waals surface area contributed by atoms with Crippen LogP contribution in [0, 0.1) is 12.8 Å². The van der Waals surface area contributed by atoms with E-state index in [9.17, 15) is 9.90 Å². The van der Waals surface area contributed by atoms with Crippen LogP contribution in [0.15, 0.2) is 24.3 Å². The molecule has 0 saturated heterocycles. The number of rotatable bonds is 5. The zero-order valence-corrected chi connectivity index (χ0v) is 12.3. The molecule has 0 spiro atoms. The molecule has 0 aliphatic heterocycles. The number of aliphatic hydroxyl groups excluding tert-OH is 1. The molecule has 1 aromatic carbocycles. The summed E-state index contributed by atoms with van der Waals surface area (Å²) in [6.45, 7) is 2.41. The van der Waals surface area contributed by atoms with Crippen LogP contribution in [0.4, 0.5) is 0 Å². The van der Waals surface area contributed by atoms with Gasteiger partial charge in [-0.1, -0.05) is 49.1 Å². The number of carbonyl (C=O) groups excluding carboxylic acids is 1. The van der Waals surface area contributed by atoms with E-state index >= 15 is 0 Å². The fourth-order valence-electron chi connectivity index (χ4n) is 2.97. The van der Waals surface area contributed by atoms with Crippen LogP contribution >= 0.6 is 0 Å². The van der Waals surface area contributed by atoms with Crippen molar-refractivity contribution in [1.82, 2.24) is 5.32 Å². The van der Waals surface area contributed by atoms with Crippen molar-refractivity contribution >= 4 is 5.91 Å². The average Bonchev–Trinajstić information content (AvgIpc) is 2.46. The van der Waals surface area contributed by atoms with Crippen molar-refractivity contribution in [2.45, 2.75) is 51.6 Å². The molecule has 0 heterocycles. The van der Waals surface area contributed by atoms with Gasteiger partial charge in [0.25, 0.3) is 0 Å². The molecular formula is C17H25NO2. The fourth-order valence-corrected chi connectivity index (χ4v) is 2.97. The molecule has 0 aromatic heterocycles. The maximum absolute atomic E-state index is 11.9. The van der Waals surface area contributed by atoms with E-state index in [0.29, 0.717) is 18.9 Å². The molecule has 1 aromatic rings. The molecule has 1 aliphatic rings. The van der Waals surface area contributed by atoms with Gasteiger partial charge < -0.3 is 10.4 Å². The highest BCUT2D eigenvalue weighted by molar-refractivity contribution is 5.78. The lowest BCUT2D eigenvalue weighted by atomic mass is 9.85. The normalized spacial score (nSPS) is 17.7. The lowest BCUT2D eigenvalue weighted by Crippen LogP contribution is -2.37. The number of aliphatic hydroxyl groups is 1. The van der Waals surface area contributed by atoms with E-state index in [2.05, 4.69) is 5.32 Å². The average molecular weight is 275 g/mol. The Labute approximate surface area is 121 Å². The van der Waals surface area contributed by atoms with Gasteiger partial charge in [0.15, 0.2) is 0 Å². The van der Waals surface area contributed by atoms with E-state index in [1.807, 2.05) is 31.2 Å². The van der Waals surface area contributed by atoms with Gasteiger partial charge in [0.2, 0.25) is 5.91 Å². The zero-order valence-electron chi connectivity index (χ0n) is 12.3. The van der Waals surface area contributed by atoms with Gasteiger partial charge in [-0.2, -0.15) is 0 Å². The van der Waals surface area contributed by atoms with E-state index in [0.717, 1.165) is 24.0 Å². The predicted molar refractivity (Wildman–Crippen MR) is 80.5 cm³/mol. The molecule has 1 fully saturated rings. The quantitative estimate of drug-likeness (QED) is 0.868. The Morgan fingerprint density at radius 3 is 2.80 bits per heavy atom. The molecule has 0 bridgehead atoms. The third-order valence-corrected chi connectivity index (χ3v) is 4.15. The van der Waals surface area contributed by atoms with Gasteiger partial charge >= 0.3 is 0 Å². The number of hydrogen-bond donors (Lipinski definition) is 2. The van der Waals surface area contributed by atoms with E-state index in [1.54, 1.807) is 0 Å². The first-order valence-corrected chi connectivity index (χ1v) is 7.65. The van der Waals surface area contributed by atoms with Crippen molar-refractivity contribution in [3.8, 4) is 0 Å². The Morgan fingerprint density at radius 1 is 1.35 bits per heavy atom. The van der Waals surface area contributed by atoms with Gasteiger partial charge in [0, 0.05) is 6.54 Å². The highest BCUT2D eigenvalue weighted by atomic mass is 16.3. The first-order chi connectivity index (χ1) is 9.65. The summed E-state index contributed by atoms with van der Waals surface area (Å²) in [5.41, 5.74) is 2.19. The molecule has 1 atom stereocenters. The Kier molecular flexibility index (Phi) is 5.60. The SMILES string of the molecule is Cc1cccc(CC(=O)NC[C@H](O)C2CCCCC2)c1. The summed E-state index contributed by atoms with van der Waals surface area (Å²) >= 11 is 0. The van der Waals surface area contributed by atoms with E-state index < -0.39 is 6.10 Å². The molecule has 1 aliphatic carbocycles. The zero-order chi connectivity index (χ0) is 14.4. The Morgan fingerprint density at radius 2 is 2.10 bits per heavy atom. The molecule has 3 nitrogen and oxygen atoms in total. The summed E-state index contributed by atoms with van der Waals surface area (Å²) in [6.07, 6.45) is 5.88. The molecular weight excluding hydrogens is 250 g/mol.